The second-order valence-corrected chi connectivity index (χ2v) is 6.47. The Morgan fingerprint density at radius 1 is 1.26 bits per heavy atom. The van der Waals surface area contributed by atoms with Gasteiger partial charge in [-0.2, -0.15) is 0 Å². The maximum Gasteiger partial charge on any atom is 0.130 e. The second-order valence-electron chi connectivity index (χ2n) is 6.47. The molecular weight excluding hydrogens is 243 g/mol. The van der Waals surface area contributed by atoms with Crippen LogP contribution in [0.1, 0.15) is 50.5 Å². The fourth-order valence-corrected chi connectivity index (χ4v) is 4.12. The maximum absolute atomic E-state index is 13.9. The lowest BCUT2D eigenvalue weighted by atomic mass is 9.64. The van der Waals surface area contributed by atoms with Crippen molar-refractivity contribution in [2.24, 2.45) is 11.3 Å². The number of phenols is 1. The zero-order valence-electron chi connectivity index (χ0n) is 11.3. The molecule has 2 aliphatic carbocycles. The Kier molecular flexibility index (Phi) is 3.05. The van der Waals surface area contributed by atoms with Gasteiger partial charge in [0, 0.05) is 6.07 Å². The molecular formula is C16H21FO2. The Morgan fingerprint density at radius 2 is 2.05 bits per heavy atom. The molecule has 4 atom stereocenters. The van der Waals surface area contributed by atoms with Gasteiger partial charge in [-0.3, -0.25) is 0 Å². The van der Waals surface area contributed by atoms with E-state index >= 15 is 0 Å². The molecule has 2 nitrogen and oxygen atoms in total. The molecule has 0 radical (unpaired) electrons. The normalized spacial score (nSPS) is 38.2. The molecule has 0 aliphatic heterocycles. The lowest BCUT2D eigenvalue weighted by Gasteiger charge is -2.42. The molecule has 19 heavy (non-hydrogen) atoms. The third-order valence-electron chi connectivity index (χ3n) is 5.51. The van der Waals surface area contributed by atoms with Crippen molar-refractivity contribution in [3.63, 3.8) is 0 Å². The number of fused-ring (bicyclic) bond motifs is 1. The first kappa shape index (κ1) is 12.9. The summed E-state index contributed by atoms with van der Waals surface area (Å²) in [5.74, 6) is 0.406. The highest BCUT2D eigenvalue weighted by Crippen LogP contribution is 2.55. The van der Waals surface area contributed by atoms with Crippen LogP contribution in [0.25, 0.3) is 0 Å². The molecule has 3 rings (SSSR count). The molecule has 2 N–H and O–H groups in total. The van der Waals surface area contributed by atoms with Gasteiger partial charge in [-0.15, -0.1) is 0 Å². The summed E-state index contributed by atoms with van der Waals surface area (Å²) in [6.45, 7) is 2.18. The first-order valence-corrected chi connectivity index (χ1v) is 7.17. The monoisotopic (exact) mass is 264 g/mol. The molecule has 0 amide bonds. The average Bonchev–Trinajstić information content (AvgIpc) is 2.66. The average molecular weight is 264 g/mol. The van der Waals surface area contributed by atoms with E-state index < -0.39 is 0 Å². The van der Waals surface area contributed by atoms with E-state index in [2.05, 4.69) is 6.92 Å². The van der Waals surface area contributed by atoms with Crippen LogP contribution in [0, 0.1) is 17.2 Å². The molecule has 2 aliphatic rings. The van der Waals surface area contributed by atoms with Crippen molar-refractivity contribution in [3.05, 3.63) is 29.6 Å². The Balaban J connectivity index is 1.82. The van der Waals surface area contributed by atoms with Gasteiger partial charge in [-0.1, -0.05) is 13.0 Å². The van der Waals surface area contributed by atoms with E-state index in [1.54, 1.807) is 12.1 Å². The van der Waals surface area contributed by atoms with Gasteiger partial charge in [0.1, 0.15) is 11.6 Å². The minimum atomic E-state index is -0.299. The summed E-state index contributed by atoms with van der Waals surface area (Å²) in [5.41, 5.74) is 0.755. The molecule has 0 heterocycles. The van der Waals surface area contributed by atoms with Crippen LogP contribution in [0.15, 0.2) is 18.2 Å². The van der Waals surface area contributed by atoms with Crippen LogP contribution >= 0.6 is 0 Å². The second kappa shape index (κ2) is 4.48. The van der Waals surface area contributed by atoms with Gasteiger partial charge in [0.25, 0.3) is 0 Å². The highest BCUT2D eigenvalue weighted by molar-refractivity contribution is 5.30. The molecule has 0 saturated heterocycles. The summed E-state index contributed by atoms with van der Waals surface area (Å²) in [7, 11) is 0. The molecule has 2 saturated carbocycles. The van der Waals surface area contributed by atoms with Gasteiger partial charge in [0.15, 0.2) is 0 Å². The number of phenolic OH excluding ortho intramolecular Hbond substituents is 1. The fraction of sp³-hybridized carbons (Fsp3) is 0.625. The standard InChI is InChI=1S/C16H21FO2/c1-16-7-6-10(8-11(16)2-5-15(16)19)13-4-3-12(18)9-14(13)17/h3-4,9-11,15,18-19H,2,5-8H2,1H3/t10-,11-,15+,16+/m1/s1. The number of aliphatic hydroxyl groups is 1. The molecule has 0 aromatic heterocycles. The third kappa shape index (κ3) is 2.04. The van der Waals surface area contributed by atoms with Gasteiger partial charge >= 0.3 is 0 Å². The van der Waals surface area contributed by atoms with Crippen LogP contribution in [-0.2, 0) is 0 Å². The summed E-state index contributed by atoms with van der Waals surface area (Å²) < 4.78 is 13.9. The van der Waals surface area contributed by atoms with Gasteiger partial charge < -0.3 is 10.2 Å². The smallest absolute Gasteiger partial charge is 0.130 e. The zero-order valence-corrected chi connectivity index (χ0v) is 11.3. The largest absolute Gasteiger partial charge is 0.508 e. The van der Waals surface area contributed by atoms with Crippen molar-refractivity contribution in [2.45, 2.75) is 51.0 Å². The fourth-order valence-electron chi connectivity index (χ4n) is 4.12. The van der Waals surface area contributed by atoms with Crippen LogP contribution in [-0.4, -0.2) is 16.3 Å². The quantitative estimate of drug-likeness (QED) is 0.814. The summed E-state index contributed by atoms with van der Waals surface area (Å²) in [5, 5.41) is 19.4. The van der Waals surface area contributed by atoms with E-state index in [4.69, 9.17) is 0 Å². The van der Waals surface area contributed by atoms with Gasteiger partial charge in [-0.25, -0.2) is 4.39 Å². The van der Waals surface area contributed by atoms with Crippen LogP contribution in [0.2, 0.25) is 0 Å². The summed E-state index contributed by atoms with van der Waals surface area (Å²) >= 11 is 0. The lowest BCUT2D eigenvalue weighted by Crippen LogP contribution is -2.37. The van der Waals surface area contributed by atoms with Crippen molar-refractivity contribution in [1.82, 2.24) is 0 Å². The van der Waals surface area contributed by atoms with E-state index in [1.165, 1.54) is 6.07 Å². The van der Waals surface area contributed by atoms with E-state index in [9.17, 15) is 14.6 Å². The Morgan fingerprint density at radius 3 is 2.79 bits per heavy atom. The summed E-state index contributed by atoms with van der Waals surface area (Å²) in [4.78, 5) is 0. The van der Waals surface area contributed by atoms with Crippen LogP contribution in [0.5, 0.6) is 5.75 Å². The molecule has 2 fully saturated rings. The van der Waals surface area contributed by atoms with E-state index in [0.717, 1.165) is 37.7 Å². The zero-order chi connectivity index (χ0) is 13.6. The first-order valence-electron chi connectivity index (χ1n) is 7.17. The van der Waals surface area contributed by atoms with Crippen molar-refractivity contribution < 1.29 is 14.6 Å². The number of aromatic hydroxyl groups is 1. The minimum absolute atomic E-state index is 0.0156. The highest BCUT2D eigenvalue weighted by Gasteiger charge is 2.49. The first-order chi connectivity index (χ1) is 9.00. The van der Waals surface area contributed by atoms with Crippen molar-refractivity contribution in [1.29, 1.82) is 0 Å². The number of halogens is 1. The predicted octanol–water partition coefficient (Wildman–Crippen LogP) is 3.58. The number of aliphatic hydroxyl groups excluding tert-OH is 1. The van der Waals surface area contributed by atoms with Gasteiger partial charge in [-0.05, 0) is 61.0 Å². The highest BCUT2D eigenvalue weighted by atomic mass is 19.1. The number of hydrogen-bond donors (Lipinski definition) is 2. The molecule has 104 valence electrons. The van der Waals surface area contributed by atoms with Crippen LogP contribution in [0.3, 0.4) is 0 Å². The summed E-state index contributed by atoms with van der Waals surface area (Å²) in [6.07, 6.45) is 4.58. The molecule has 0 spiro atoms. The number of rotatable bonds is 1. The predicted molar refractivity (Wildman–Crippen MR) is 71.5 cm³/mol. The lowest BCUT2D eigenvalue weighted by molar-refractivity contribution is 0.00845. The summed E-state index contributed by atoms with van der Waals surface area (Å²) in [6, 6.07) is 4.48. The van der Waals surface area contributed by atoms with E-state index in [1.807, 2.05) is 0 Å². The minimum Gasteiger partial charge on any atom is -0.508 e. The molecule has 1 aromatic carbocycles. The van der Waals surface area contributed by atoms with Gasteiger partial charge in [0.2, 0.25) is 0 Å². The van der Waals surface area contributed by atoms with Crippen molar-refractivity contribution in [2.75, 3.05) is 0 Å². The molecule has 1 aromatic rings. The topological polar surface area (TPSA) is 40.5 Å². The number of benzene rings is 1. The Hall–Kier alpha value is -1.09. The molecule has 3 heteroatoms. The van der Waals surface area contributed by atoms with Gasteiger partial charge in [0.05, 0.1) is 6.10 Å². The maximum atomic E-state index is 13.9. The van der Waals surface area contributed by atoms with E-state index in [0.29, 0.717) is 5.92 Å². The Labute approximate surface area is 113 Å². The van der Waals surface area contributed by atoms with Crippen molar-refractivity contribution >= 4 is 0 Å². The van der Waals surface area contributed by atoms with Crippen LogP contribution < -0.4 is 0 Å². The third-order valence-corrected chi connectivity index (χ3v) is 5.51. The van der Waals surface area contributed by atoms with Crippen LogP contribution in [0.4, 0.5) is 4.39 Å². The van der Waals surface area contributed by atoms with E-state index in [-0.39, 0.29) is 29.0 Å². The molecule has 0 unspecified atom stereocenters. The number of hydrogen-bond acceptors (Lipinski definition) is 2. The SMILES string of the molecule is C[C@]12CC[C@@H](c3ccc(O)cc3F)C[C@H]1CC[C@@H]2O. The molecule has 0 bridgehead atoms. The van der Waals surface area contributed by atoms with Crippen molar-refractivity contribution in [3.8, 4) is 5.75 Å². The Bertz CT molecular complexity index is 488.